The van der Waals surface area contributed by atoms with E-state index in [4.69, 9.17) is 0 Å². The molecule has 0 heterocycles. The molecule has 0 saturated heterocycles. The van der Waals surface area contributed by atoms with Crippen LogP contribution in [0, 0.1) is 0 Å². The summed E-state index contributed by atoms with van der Waals surface area (Å²) in [4.78, 5) is 2.03. The summed E-state index contributed by atoms with van der Waals surface area (Å²) in [6.07, 6.45) is 10.8. The summed E-state index contributed by atoms with van der Waals surface area (Å²) >= 11 is 0. The number of unbranched alkanes of at least 4 members (excludes halogenated alkanes) is 7. The third-order valence-electron chi connectivity index (χ3n) is 3.37. The van der Waals surface area contributed by atoms with Crippen molar-refractivity contribution in [2.24, 2.45) is 0 Å². The zero-order valence-electron chi connectivity index (χ0n) is 13.7. The molecule has 0 fully saturated rings. The molecule has 0 aliphatic carbocycles. The van der Waals surface area contributed by atoms with Crippen LogP contribution in [-0.2, 0) is 0 Å². The van der Waals surface area contributed by atoms with Crippen molar-refractivity contribution in [2.75, 3.05) is 33.7 Å². The van der Waals surface area contributed by atoms with Crippen LogP contribution in [0.25, 0.3) is 0 Å². The number of likely N-dealkylation sites (N-methyl/N-ethyl adjacent to an activating group) is 1. The van der Waals surface area contributed by atoms with Gasteiger partial charge in [0.05, 0.1) is 5.60 Å². The molecule has 19 heavy (non-hydrogen) atoms. The zero-order valence-corrected chi connectivity index (χ0v) is 13.7. The van der Waals surface area contributed by atoms with E-state index in [9.17, 15) is 5.11 Å². The third-order valence-corrected chi connectivity index (χ3v) is 3.37. The Morgan fingerprint density at radius 2 is 1.47 bits per heavy atom. The highest BCUT2D eigenvalue weighted by molar-refractivity contribution is 4.77. The fraction of sp³-hybridized carbons (Fsp3) is 1.00. The van der Waals surface area contributed by atoms with Crippen LogP contribution in [0.1, 0.15) is 65.2 Å². The number of hydrogen-bond donors (Lipinski definition) is 2. The highest BCUT2D eigenvalue weighted by Crippen LogP contribution is 2.08. The van der Waals surface area contributed by atoms with Crippen LogP contribution < -0.4 is 5.32 Å². The van der Waals surface area contributed by atoms with Gasteiger partial charge in [-0.1, -0.05) is 51.9 Å². The van der Waals surface area contributed by atoms with Gasteiger partial charge in [0.15, 0.2) is 0 Å². The summed E-state index contributed by atoms with van der Waals surface area (Å²) < 4.78 is 0. The van der Waals surface area contributed by atoms with Crippen LogP contribution in [0.15, 0.2) is 0 Å². The van der Waals surface area contributed by atoms with E-state index in [1.807, 2.05) is 25.9 Å². The van der Waals surface area contributed by atoms with E-state index < -0.39 is 5.60 Å². The van der Waals surface area contributed by atoms with Gasteiger partial charge in [-0.15, -0.1) is 0 Å². The Morgan fingerprint density at radius 3 is 2.00 bits per heavy atom. The molecular weight excluding hydrogens is 236 g/mol. The number of rotatable bonds is 13. The number of aliphatic hydroxyl groups is 1. The van der Waals surface area contributed by atoms with Crippen molar-refractivity contribution in [1.82, 2.24) is 10.2 Å². The van der Waals surface area contributed by atoms with Crippen molar-refractivity contribution in [3.63, 3.8) is 0 Å². The molecule has 0 aromatic rings. The quantitative estimate of drug-likeness (QED) is 0.506. The molecular formula is C16H36N2O. The van der Waals surface area contributed by atoms with Crippen molar-refractivity contribution in [1.29, 1.82) is 0 Å². The molecule has 0 aliphatic heterocycles. The van der Waals surface area contributed by atoms with E-state index in [2.05, 4.69) is 12.2 Å². The van der Waals surface area contributed by atoms with Gasteiger partial charge in [-0.25, -0.2) is 0 Å². The standard InChI is InChI=1S/C16H36N2O/c1-5-6-7-8-9-10-11-12-13-17-14-16(2,19)15-18(3)4/h17,19H,5-15H2,1-4H3. The smallest absolute Gasteiger partial charge is 0.0869 e. The van der Waals surface area contributed by atoms with Crippen LogP contribution in [0.5, 0.6) is 0 Å². The molecule has 3 nitrogen and oxygen atoms in total. The number of nitrogens with one attached hydrogen (secondary N) is 1. The van der Waals surface area contributed by atoms with Gasteiger partial charge in [-0.05, 0) is 34.0 Å². The Balaban J connectivity index is 3.26. The average Bonchev–Trinajstić information content (AvgIpc) is 2.30. The first-order chi connectivity index (χ1) is 8.98. The lowest BCUT2D eigenvalue weighted by atomic mass is 10.1. The van der Waals surface area contributed by atoms with Crippen molar-refractivity contribution in [3.8, 4) is 0 Å². The number of hydrogen-bond acceptors (Lipinski definition) is 3. The summed E-state index contributed by atoms with van der Waals surface area (Å²) in [5.41, 5.74) is -0.621. The van der Waals surface area contributed by atoms with Crippen molar-refractivity contribution >= 4 is 0 Å². The second-order valence-electron chi connectivity index (χ2n) is 6.39. The molecule has 0 radical (unpaired) electrons. The normalized spacial score (nSPS) is 14.8. The van der Waals surface area contributed by atoms with Gasteiger partial charge in [0, 0.05) is 13.1 Å². The third kappa shape index (κ3) is 14.1. The Bertz CT molecular complexity index is 193. The van der Waals surface area contributed by atoms with Crippen molar-refractivity contribution in [3.05, 3.63) is 0 Å². The highest BCUT2D eigenvalue weighted by atomic mass is 16.3. The summed E-state index contributed by atoms with van der Waals surface area (Å²) in [5.74, 6) is 0. The van der Waals surface area contributed by atoms with Crippen LogP contribution in [0.2, 0.25) is 0 Å². The van der Waals surface area contributed by atoms with Gasteiger partial charge in [-0.2, -0.15) is 0 Å². The summed E-state index contributed by atoms with van der Waals surface area (Å²) in [5, 5.41) is 13.5. The lowest BCUT2D eigenvalue weighted by Crippen LogP contribution is -2.45. The van der Waals surface area contributed by atoms with Gasteiger partial charge in [0.1, 0.15) is 0 Å². The molecule has 0 aromatic heterocycles. The molecule has 0 rings (SSSR count). The molecule has 3 heteroatoms. The summed E-state index contributed by atoms with van der Waals surface area (Å²) in [6.45, 7) is 6.57. The average molecular weight is 272 g/mol. The van der Waals surface area contributed by atoms with Crippen molar-refractivity contribution < 1.29 is 5.11 Å². The predicted octanol–water partition coefficient (Wildman–Crippen LogP) is 3.03. The van der Waals surface area contributed by atoms with E-state index >= 15 is 0 Å². The summed E-state index contributed by atoms with van der Waals surface area (Å²) in [6, 6.07) is 0. The van der Waals surface area contributed by atoms with Gasteiger partial charge in [0.25, 0.3) is 0 Å². The molecule has 1 atom stereocenters. The van der Waals surface area contributed by atoms with Gasteiger partial charge in [-0.3, -0.25) is 0 Å². The maximum absolute atomic E-state index is 10.1. The van der Waals surface area contributed by atoms with Gasteiger partial charge in [0.2, 0.25) is 0 Å². The second kappa shape index (κ2) is 11.7. The molecule has 0 spiro atoms. The maximum Gasteiger partial charge on any atom is 0.0869 e. The minimum atomic E-state index is -0.621. The van der Waals surface area contributed by atoms with Crippen LogP contribution >= 0.6 is 0 Å². The molecule has 116 valence electrons. The Kier molecular flexibility index (Phi) is 11.6. The van der Waals surface area contributed by atoms with E-state index in [0.717, 1.165) is 6.54 Å². The van der Waals surface area contributed by atoms with Gasteiger partial charge < -0.3 is 15.3 Å². The zero-order chi connectivity index (χ0) is 14.6. The maximum atomic E-state index is 10.1. The topological polar surface area (TPSA) is 35.5 Å². The minimum Gasteiger partial charge on any atom is -0.388 e. The lowest BCUT2D eigenvalue weighted by Gasteiger charge is -2.27. The first-order valence-corrected chi connectivity index (χ1v) is 8.06. The Labute approximate surface area is 120 Å². The molecule has 0 bridgehead atoms. The molecule has 1 unspecified atom stereocenters. The highest BCUT2D eigenvalue weighted by Gasteiger charge is 2.20. The first kappa shape index (κ1) is 18.9. The van der Waals surface area contributed by atoms with Crippen LogP contribution in [0.3, 0.4) is 0 Å². The van der Waals surface area contributed by atoms with E-state index in [1.54, 1.807) is 0 Å². The predicted molar refractivity (Wildman–Crippen MR) is 84.7 cm³/mol. The van der Waals surface area contributed by atoms with Crippen molar-refractivity contribution in [2.45, 2.75) is 70.8 Å². The molecule has 0 amide bonds. The van der Waals surface area contributed by atoms with E-state index in [-0.39, 0.29) is 0 Å². The van der Waals surface area contributed by atoms with E-state index in [1.165, 1.54) is 51.4 Å². The molecule has 0 aliphatic rings. The minimum absolute atomic E-state index is 0.621. The molecule has 2 N–H and O–H groups in total. The monoisotopic (exact) mass is 272 g/mol. The van der Waals surface area contributed by atoms with Crippen LogP contribution in [0.4, 0.5) is 0 Å². The Morgan fingerprint density at radius 1 is 0.947 bits per heavy atom. The molecule has 0 saturated carbocycles. The molecule has 0 aromatic carbocycles. The fourth-order valence-corrected chi connectivity index (χ4v) is 2.48. The summed E-state index contributed by atoms with van der Waals surface area (Å²) in [7, 11) is 3.99. The largest absolute Gasteiger partial charge is 0.388 e. The SMILES string of the molecule is CCCCCCCCCCNCC(C)(O)CN(C)C. The van der Waals surface area contributed by atoms with E-state index in [0.29, 0.717) is 13.1 Å². The Hall–Kier alpha value is -0.120. The fourth-order valence-electron chi connectivity index (χ4n) is 2.48. The van der Waals surface area contributed by atoms with Crippen LogP contribution in [-0.4, -0.2) is 49.3 Å². The number of nitrogens with zero attached hydrogens (tertiary/aromatic N) is 1. The van der Waals surface area contributed by atoms with Gasteiger partial charge >= 0.3 is 0 Å². The first-order valence-electron chi connectivity index (χ1n) is 8.06. The second-order valence-corrected chi connectivity index (χ2v) is 6.39. The lowest BCUT2D eigenvalue weighted by molar-refractivity contribution is 0.0339.